The summed E-state index contributed by atoms with van der Waals surface area (Å²) in [6.45, 7) is 4.60. The number of halogens is 3. The highest BCUT2D eigenvalue weighted by molar-refractivity contribution is 7.99. The quantitative estimate of drug-likeness (QED) is 0.825. The molecule has 2 rings (SSSR count). The smallest absolute Gasteiger partial charge is 0.370 e. The zero-order valence-electron chi connectivity index (χ0n) is 12.3. The number of thioether (sulfide) groups is 1. The van der Waals surface area contributed by atoms with Gasteiger partial charge in [0.2, 0.25) is 0 Å². The van der Waals surface area contributed by atoms with Crippen LogP contribution in [-0.2, 0) is 6.18 Å². The van der Waals surface area contributed by atoms with Crippen molar-refractivity contribution in [1.29, 1.82) is 0 Å². The maximum Gasteiger partial charge on any atom is 0.416 e. The highest BCUT2D eigenvalue weighted by Gasteiger charge is 2.32. The summed E-state index contributed by atoms with van der Waals surface area (Å²) in [6.07, 6.45) is 0.151. The van der Waals surface area contributed by atoms with E-state index in [4.69, 9.17) is 0 Å². The molecule has 1 aromatic heterocycles. The van der Waals surface area contributed by atoms with E-state index in [0.29, 0.717) is 28.6 Å². The first kappa shape index (κ1) is 16.5. The van der Waals surface area contributed by atoms with Gasteiger partial charge in [0.25, 0.3) is 0 Å². The van der Waals surface area contributed by atoms with Crippen molar-refractivity contribution in [1.82, 2.24) is 4.98 Å². The Morgan fingerprint density at radius 3 is 2.71 bits per heavy atom. The Morgan fingerprint density at radius 2 is 2.10 bits per heavy atom. The zero-order chi connectivity index (χ0) is 15.5. The molecule has 2 unspecified atom stereocenters. The van der Waals surface area contributed by atoms with E-state index in [1.165, 1.54) is 24.2 Å². The van der Waals surface area contributed by atoms with Crippen LogP contribution in [-0.4, -0.2) is 16.8 Å². The van der Waals surface area contributed by atoms with Gasteiger partial charge in [0.05, 0.1) is 10.6 Å². The lowest BCUT2D eigenvalue weighted by atomic mass is 9.91. The fourth-order valence-electron chi connectivity index (χ4n) is 2.66. The Bertz CT molecular complexity index is 476. The van der Waals surface area contributed by atoms with Gasteiger partial charge in [-0.15, -0.1) is 11.8 Å². The highest BCUT2D eigenvalue weighted by atomic mass is 32.2. The van der Waals surface area contributed by atoms with Crippen molar-refractivity contribution in [2.75, 3.05) is 11.9 Å². The highest BCUT2D eigenvalue weighted by Crippen LogP contribution is 2.38. The summed E-state index contributed by atoms with van der Waals surface area (Å²) in [5, 5.41) is 3.73. The van der Waals surface area contributed by atoms with Crippen LogP contribution in [0.15, 0.2) is 17.2 Å². The van der Waals surface area contributed by atoms with Crippen LogP contribution in [0.25, 0.3) is 0 Å². The molecule has 1 aromatic rings. The molecule has 0 amide bonds. The lowest BCUT2D eigenvalue weighted by Crippen LogP contribution is -2.15. The minimum atomic E-state index is -4.33. The normalized spacial score (nSPS) is 23.1. The van der Waals surface area contributed by atoms with Gasteiger partial charge in [0.1, 0.15) is 5.82 Å². The molecule has 2 nitrogen and oxygen atoms in total. The van der Waals surface area contributed by atoms with Crippen LogP contribution in [0.5, 0.6) is 0 Å². The van der Waals surface area contributed by atoms with E-state index >= 15 is 0 Å². The first-order chi connectivity index (χ1) is 9.88. The van der Waals surface area contributed by atoms with Crippen molar-refractivity contribution in [3.05, 3.63) is 17.7 Å². The van der Waals surface area contributed by atoms with Gasteiger partial charge >= 0.3 is 6.18 Å². The van der Waals surface area contributed by atoms with Crippen LogP contribution in [0, 0.1) is 5.92 Å². The number of rotatable bonds is 4. The Balaban J connectivity index is 2.19. The topological polar surface area (TPSA) is 24.9 Å². The van der Waals surface area contributed by atoms with Crippen LogP contribution < -0.4 is 5.32 Å². The molecule has 1 N–H and O–H groups in total. The van der Waals surface area contributed by atoms with Crippen LogP contribution in [0.2, 0.25) is 0 Å². The lowest BCUT2D eigenvalue weighted by Gasteiger charge is -2.26. The summed E-state index contributed by atoms with van der Waals surface area (Å²) >= 11 is 1.49. The van der Waals surface area contributed by atoms with Crippen LogP contribution in [0.4, 0.5) is 19.0 Å². The second-order valence-corrected chi connectivity index (χ2v) is 6.94. The fourth-order valence-corrected chi connectivity index (χ4v) is 4.05. The Kier molecular flexibility index (Phi) is 5.41. The predicted octanol–water partition coefficient (Wildman–Crippen LogP) is 5.20. The molecule has 0 aromatic carbocycles. The molecule has 1 heterocycles. The molecule has 1 aliphatic carbocycles. The van der Waals surface area contributed by atoms with Gasteiger partial charge in [0, 0.05) is 11.8 Å². The lowest BCUT2D eigenvalue weighted by molar-refractivity contribution is -0.137. The molecular formula is C15H21F3N2S. The standard InChI is InChI=1S/C15H21F3N2S/c1-3-19-13-8-11(15(16,17)18)9-14(20-13)21-12-6-4-5-10(2)7-12/h8-10,12H,3-7H2,1-2H3,(H,19,20). The molecule has 1 aliphatic rings. The first-order valence-corrected chi connectivity index (χ1v) is 8.26. The zero-order valence-corrected chi connectivity index (χ0v) is 13.2. The molecule has 2 atom stereocenters. The molecular weight excluding hydrogens is 297 g/mol. The number of pyridine rings is 1. The third kappa shape index (κ3) is 4.80. The van der Waals surface area contributed by atoms with Crippen LogP contribution >= 0.6 is 11.8 Å². The maximum absolute atomic E-state index is 13.0. The van der Waals surface area contributed by atoms with E-state index in [-0.39, 0.29) is 0 Å². The SMILES string of the molecule is CCNc1cc(C(F)(F)F)cc(SC2CCCC(C)C2)n1. The van der Waals surface area contributed by atoms with E-state index in [0.717, 1.165) is 25.3 Å². The van der Waals surface area contributed by atoms with E-state index < -0.39 is 11.7 Å². The minimum absolute atomic E-state index is 0.304. The third-order valence-corrected chi connectivity index (χ3v) is 4.87. The molecule has 21 heavy (non-hydrogen) atoms. The second-order valence-electron chi connectivity index (χ2n) is 5.62. The van der Waals surface area contributed by atoms with Crippen molar-refractivity contribution >= 4 is 17.6 Å². The molecule has 1 saturated carbocycles. The van der Waals surface area contributed by atoms with Crippen molar-refractivity contribution in [3.8, 4) is 0 Å². The van der Waals surface area contributed by atoms with Gasteiger partial charge in [-0.25, -0.2) is 4.98 Å². The van der Waals surface area contributed by atoms with E-state index in [1.807, 2.05) is 6.92 Å². The Labute approximate surface area is 127 Å². The number of nitrogens with one attached hydrogen (secondary N) is 1. The third-order valence-electron chi connectivity index (χ3n) is 3.66. The molecule has 0 saturated heterocycles. The molecule has 0 bridgehead atoms. The number of nitrogens with zero attached hydrogens (tertiary/aromatic N) is 1. The van der Waals surface area contributed by atoms with Crippen molar-refractivity contribution in [3.63, 3.8) is 0 Å². The summed E-state index contributed by atoms with van der Waals surface area (Å²) in [5.41, 5.74) is -0.625. The van der Waals surface area contributed by atoms with E-state index in [1.54, 1.807) is 0 Å². The van der Waals surface area contributed by atoms with Crippen molar-refractivity contribution in [2.45, 2.75) is 56.0 Å². The van der Waals surface area contributed by atoms with Gasteiger partial charge in [-0.2, -0.15) is 13.2 Å². The summed E-state index contributed by atoms with van der Waals surface area (Å²) in [6, 6.07) is 2.25. The average Bonchev–Trinajstić information content (AvgIpc) is 2.37. The van der Waals surface area contributed by atoms with Gasteiger partial charge in [-0.1, -0.05) is 19.8 Å². The molecule has 6 heteroatoms. The Hall–Kier alpha value is -0.910. The number of alkyl halides is 3. The molecule has 1 fully saturated rings. The van der Waals surface area contributed by atoms with Crippen LogP contribution in [0.3, 0.4) is 0 Å². The number of hydrogen-bond acceptors (Lipinski definition) is 3. The number of anilines is 1. The largest absolute Gasteiger partial charge is 0.416 e. The predicted molar refractivity (Wildman–Crippen MR) is 80.7 cm³/mol. The number of aromatic nitrogens is 1. The summed E-state index contributed by atoms with van der Waals surface area (Å²) in [4.78, 5) is 4.31. The minimum Gasteiger partial charge on any atom is -0.370 e. The molecule has 0 aliphatic heterocycles. The van der Waals surface area contributed by atoms with Gasteiger partial charge in [-0.3, -0.25) is 0 Å². The molecule has 0 spiro atoms. The fraction of sp³-hybridized carbons (Fsp3) is 0.667. The number of hydrogen-bond donors (Lipinski definition) is 1. The van der Waals surface area contributed by atoms with Crippen LogP contribution in [0.1, 0.15) is 45.1 Å². The summed E-state index contributed by atoms with van der Waals surface area (Å²) < 4.78 is 38.9. The summed E-state index contributed by atoms with van der Waals surface area (Å²) in [7, 11) is 0. The summed E-state index contributed by atoms with van der Waals surface area (Å²) in [5.74, 6) is 0.953. The molecule has 118 valence electrons. The maximum atomic E-state index is 13.0. The monoisotopic (exact) mass is 318 g/mol. The van der Waals surface area contributed by atoms with Crippen molar-refractivity contribution < 1.29 is 13.2 Å². The van der Waals surface area contributed by atoms with Gasteiger partial charge in [0.15, 0.2) is 0 Å². The van der Waals surface area contributed by atoms with E-state index in [2.05, 4.69) is 17.2 Å². The Morgan fingerprint density at radius 1 is 1.33 bits per heavy atom. The van der Waals surface area contributed by atoms with Gasteiger partial charge in [-0.05, 0) is 37.8 Å². The van der Waals surface area contributed by atoms with Gasteiger partial charge < -0.3 is 5.32 Å². The molecule has 0 radical (unpaired) electrons. The van der Waals surface area contributed by atoms with E-state index in [9.17, 15) is 13.2 Å². The van der Waals surface area contributed by atoms with Crippen molar-refractivity contribution in [2.24, 2.45) is 5.92 Å². The first-order valence-electron chi connectivity index (χ1n) is 7.38. The second kappa shape index (κ2) is 6.90. The average molecular weight is 318 g/mol.